The van der Waals surface area contributed by atoms with Crippen LogP contribution in [-0.2, 0) is 18.4 Å². The van der Waals surface area contributed by atoms with Crippen molar-refractivity contribution in [2.45, 2.75) is 24.3 Å². The lowest BCUT2D eigenvalue weighted by Crippen LogP contribution is -2.39. The number of hydrogen-bond acceptors (Lipinski definition) is 7. The number of anilines is 2. The molecular weight excluding hydrogens is 410 g/mol. The molecule has 1 aliphatic heterocycles. The number of aromatic nitrogens is 3. The second-order valence-corrected chi connectivity index (χ2v) is 8.71. The summed E-state index contributed by atoms with van der Waals surface area (Å²) >= 11 is 2.86. The summed E-state index contributed by atoms with van der Waals surface area (Å²) in [5.74, 6) is -0.346. The van der Waals surface area contributed by atoms with Crippen LogP contribution in [0, 0.1) is 0 Å². The summed E-state index contributed by atoms with van der Waals surface area (Å²) in [7, 11) is 1.43. The Kier molecular flexibility index (Phi) is 5.46. The molecule has 1 amide bonds. The largest absolute Gasteiger partial charge is 0.348 e. The van der Waals surface area contributed by atoms with E-state index in [4.69, 9.17) is 0 Å². The quantitative estimate of drug-likeness (QED) is 0.623. The van der Waals surface area contributed by atoms with Crippen molar-refractivity contribution in [1.82, 2.24) is 14.1 Å². The Bertz CT molecular complexity index is 1190. The molecule has 3 aromatic rings. The number of nitrogens with zero attached hydrogens (tertiary/aromatic N) is 4. The van der Waals surface area contributed by atoms with Gasteiger partial charge >= 0.3 is 5.69 Å². The van der Waals surface area contributed by atoms with Crippen LogP contribution in [0.25, 0.3) is 10.3 Å². The lowest BCUT2D eigenvalue weighted by atomic mass is 10.3. The van der Waals surface area contributed by atoms with Crippen LogP contribution < -0.4 is 21.5 Å². The standard InChI is InChI=1S/C19H21N5O3S2/c1-22-17(26)15-16(21-18(29-15)23-8-3-4-9-23)24(19(22)27)11-14(25)20-12-6-5-7-13(10-12)28-2/h5-7,10H,3-4,8-9,11H2,1-2H3,(H,20,25). The third-order valence-electron chi connectivity index (χ3n) is 4.90. The average molecular weight is 432 g/mol. The molecule has 0 spiro atoms. The number of thiazole rings is 1. The van der Waals surface area contributed by atoms with Gasteiger partial charge < -0.3 is 10.2 Å². The highest BCUT2D eigenvalue weighted by Crippen LogP contribution is 2.28. The van der Waals surface area contributed by atoms with Crippen LogP contribution in [0.4, 0.5) is 10.8 Å². The Labute approximate surface area is 175 Å². The number of carbonyl (C=O) groups is 1. The van der Waals surface area contributed by atoms with E-state index in [0.717, 1.165) is 40.5 Å². The minimum atomic E-state index is -0.547. The van der Waals surface area contributed by atoms with Gasteiger partial charge in [-0.05, 0) is 37.3 Å². The van der Waals surface area contributed by atoms with Gasteiger partial charge in [0.2, 0.25) is 5.91 Å². The molecule has 0 bridgehead atoms. The van der Waals surface area contributed by atoms with Crippen LogP contribution in [-0.4, -0.2) is 39.4 Å². The molecule has 1 saturated heterocycles. The van der Waals surface area contributed by atoms with Gasteiger partial charge in [0.05, 0.1) is 0 Å². The normalized spacial score (nSPS) is 13.9. The third-order valence-corrected chi connectivity index (χ3v) is 6.72. The Balaban J connectivity index is 1.69. The van der Waals surface area contributed by atoms with E-state index >= 15 is 0 Å². The molecule has 0 unspecified atom stereocenters. The van der Waals surface area contributed by atoms with E-state index in [-0.39, 0.29) is 23.7 Å². The number of benzene rings is 1. The number of carbonyl (C=O) groups excluding carboxylic acids is 1. The molecule has 2 aromatic heterocycles. The number of hydrogen-bond donors (Lipinski definition) is 1. The second kappa shape index (κ2) is 8.03. The van der Waals surface area contributed by atoms with Crippen molar-refractivity contribution in [3.8, 4) is 0 Å². The third kappa shape index (κ3) is 3.82. The first-order valence-electron chi connectivity index (χ1n) is 9.27. The van der Waals surface area contributed by atoms with Gasteiger partial charge in [0, 0.05) is 30.7 Å². The smallest absolute Gasteiger partial charge is 0.332 e. The molecule has 29 heavy (non-hydrogen) atoms. The lowest BCUT2D eigenvalue weighted by molar-refractivity contribution is -0.116. The molecule has 0 aliphatic carbocycles. The fraction of sp³-hybridized carbons (Fsp3) is 0.368. The number of amides is 1. The summed E-state index contributed by atoms with van der Waals surface area (Å²) in [4.78, 5) is 45.6. The van der Waals surface area contributed by atoms with Gasteiger partial charge in [-0.1, -0.05) is 17.4 Å². The van der Waals surface area contributed by atoms with Gasteiger partial charge in [-0.2, -0.15) is 0 Å². The Morgan fingerprint density at radius 1 is 1.28 bits per heavy atom. The highest BCUT2D eigenvalue weighted by Gasteiger charge is 2.22. The van der Waals surface area contributed by atoms with E-state index in [1.54, 1.807) is 17.8 Å². The monoisotopic (exact) mass is 431 g/mol. The van der Waals surface area contributed by atoms with Gasteiger partial charge in [-0.3, -0.25) is 18.7 Å². The van der Waals surface area contributed by atoms with Crippen LogP contribution in [0.2, 0.25) is 0 Å². The van der Waals surface area contributed by atoms with Crippen molar-refractivity contribution >= 4 is 50.2 Å². The van der Waals surface area contributed by atoms with Crippen molar-refractivity contribution in [1.29, 1.82) is 0 Å². The van der Waals surface area contributed by atoms with Crippen molar-refractivity contribution in [3.63, 3.8) is 0 Å². The minimum absolute atomic E-state index is 0.212. The van der Waals surface area contributed by atoms with Crippen LogP contribution in [0.5, 0.6) is 0 Å². The van der Waals surface area contributed by atoms with Crippen molar-refractivity contribution in [2.24, 2.45) is 7.05 Å². The summed E-state index contributed by atoms with van der Waals surface area (Å²) in [5, 5.41) is 3.54. The maximum atomic E-state index is 12.7. The minimum Gasteiger partial charge on any atom is -0.348 e. The highest BCUT2D eigenvalue weighted by atomic mass is 32.2. The fourth-order valence-electron chi connectivity index (χ4n) is 3.37. The zero-order chi connectivity index (χ0) is 20.5. The van der Waals surface area contributed by atoms with Crippen LogP contribution in [0.15, 0.2) is 38.8 Å². The summed E-state index contributed by atoms with van der Waals surface area (Å²) in [6.07, 6.45) is 4.12. The molecule has 152 valence electrons. The first-order valence-corrected chi connectivity index (χ1v) is 11.3. The topological polar surface area (TPSA) is 89.2 Å². The number of fused-ring (bicyclic) bond motifs is 1. The number of nitrogens with one attached hydrogen (secondary N) is 1. The van der Waals surface area contributed by atoms with E-state index in [1.165, 1.54) is 23.0 Å². The Morgan fingerprint density at radius 3 is 2.76 bits per heavy atom. The van der Waals surface area contributed by atoms with E-state index in [1.807, 2.05) is 24.5 Å². The molecule has 1 aliphatic rings. The molecule has 1 N–H and O–H groups in total. The molecule has 1 fully saturated rings. The van der Waals surface area contributed by atoms with E-state index in [0.29, 0.717) is 10.4 Å². The number of thioether (sulfide) groups is 1. The van der Waals surface area contributed by atoms with Gasteiger partial charge in [0.1, 0.15) is 11.2 Å². The van der Waals surface area contributed by atoms with Gasteiger partial charge in [0.25, 0.3) is 5.56 Å². The molecule has 3 heterocycles. The molecule has 0 atom stereocenters. The summed E-state index contributed by atoms with van der Waals surface area (Å²) in [5.41, 5.74) is 0.0103. The molecule has 10 heteroatoms. The molecule has 8 nitrogen and oxygen atoms in total. The lowest BCUT2D eigenvalue weighted by Gasteiger charge is -2.12. The fourth-order valence-corrected chi connectivity index (χ4v) is 4.92. The van der Waals surface area contributed by atoms with Crippen molar-refractivity contribution in [3.05, 3.63) is 45.1 Å². The van der Waals surface area contributed by atoms with Crippen LogP contribution in [0.3, 0.4) is 0 Å². The first-order chi connectivity index (χ1) is 14.0. The first kappa shape index (κ1) is 19.7. The summed E-state index contributed by atoms with van der Waals surface area (Å²) in [6.45, 7) is 1.56. The van der Waals surface area contributed by atoms with E-state index < -0.39 is 5.69 Å². The van der Waals surface area contributed by atoms with Crippen LogP contribution in [0.1, 0.15) is 12.8 Å². The maximum absolute atomic E-state index is 12.7. The summed E-state index contributed by atoms with van der Waals surface area (Å²) < 4.78 is 2.71. The highest BCUT2D eigenvalue weighted by molar-refractivity contribution is 7.98. The van der Waals surface area contributed by atoms with Gasteiger partial charge in [-0.25, -0.2) is 9.78 Å². The predicted molar refractivity (Wildman–Crippen MR) is 117 cm³/mol. The van der Waals surface area contributed by atoms with Crippen molar-refractivity contribution in [2.75, 3.05) is 29.6 Å². The van der Waals surface area contributed by atoms with Crippen LogP contribution >= 0.6 is 23.1 Å². The number of rotatable bonds is 5. The predicted octanol–water partition coefficient (Wildman–Crippen LogP) is 2.12. The van der Waals surface area contributed by atoms with Gasteiger partial charge in [-0.15, -0.1) is 11.8 Å². The second-order valence-electron chi connectivity index (χ2n) is 6.86. The molecule has 0 saturated carbocycles. The molecular formula is C19H21N5O3S2. The van der Waals surface area contributed by atoms with E-state index in [9.17, 15) is 14.4 Å². The molecule has 1 aromatic carbocycles. The molecule has 0 radical (unpaired) electrons. The van der Waals surface area contributed by atoms with Gasteiger partial charge in [0.15, 0.2) is 10.8 Å². The maximum Gasteiger partial charge on any atom is 0.332 e. The SMILES string of the molecule is CSc1cccc(NC(=O)Cn2c(=O)n(C)c(=O)c3sc(N4CCCC4)nc32)c1. The summed E-state index contributed by atoms with van der Waals surface area (Å²) in [6, 6.07) is 7.48. The average Bonchev–Trinajstić information content (AvgIpc) is 3.39. The zero-order valence-electron chi connectivity index (χ0n) is 16.2. The zero-order valence-corrected chi connectivity index (χ0v) is 17.8. The van der Waals surface area contributed by atoms with Crippen molar-refractivity contribution < 1.29 is 4.79 Å². The Morgan fingerprint density at radius 2 is 2.03 bits per heavy atom. The van der Waals surface area contributed by atoms with E-state index in [2.05, 4.69) is 15.2 Å². The molecule has 4 rings (SSSR count). The Hall–Kier alpha value is -2.59.